The molecule has 0 heterocycles. The Kier molecular flexibility index (Phi) is 6.06. The molecule has 0 amide bonds. The molecule has 0 aliphatic heterocycles. The van der Waals surface area contributed by atoms with Crippen LogP contribution in [0.2, 0.25) is 0 Å². The van der Waals surface area contributed by atoms with Gasteiger partial charge in [0.25, 0.3) is 0 Å². The van der Waals surface area contributed by atoms with Crippen LogP contribution in [0.4, 0.5) is 0 Å². The van der Waals surface area contributed by atoms with Crippen molar-refractivity contribution in [3.8, 4) is 0 Å². The summed E-state index contributed by atoms with van der Waals surface area (Å²) in [4.78, 5) is 0. The zero-order valence-electron chi connectivity index (χ0n) is 10.2. The Bertz CT molecular complexity index is 164. The molecule has 0 bridgehead atoms. The first-order valence-electron chi connectivity index (χ1n) is 6.64. The Labute approximate surface area is 101 Å². The summed E-state index contributed by atoms with van der Waals surface area (Å²) in [5.41, 5.74) is 6.02. The second-order valence-corrected chi connectivity index (χ2v) is 6.17. The van der Waals surface area contributed by atoms with Gasteiger partial charge in [-0.05, 0) is 32.1 Å². The van der Waals surface area contributed by atoms with Crippen molar-refractivity contribution >= 4 is 12.6 Å². The number of hydrogen-bond acceptors (Lipinski definition) is 2. The number of nitrogens with two attached hydrogens (primary N) is 1. The Morgan fingerprint density at radius 1 is 1.20 bits per heavy atom. The van der Waals surface area contributed by atoms with Gasteiger partial charge in [0.05, 0.1) is 0 Å². The van der Waals surface area contributed by atoms with E-state index >= 15 is 0 Å². The number of thiol groups is 1. The van der Waals surface area contributed by atoms with Crippen molar-refractivity contribution in [1.82, 2.24) is 0 Å². The maximum absolute atomic E-state index is 6.02. The summed E-state index contributed by atoms with van der Waals surface area (Å²) < 4.78 is 0.351. The molecule has 2 N–H and O–H groups in total. The lowest BCUT2D eigenvalue weighted by Gasteiger charge is -2.32. The molecule has 15 heavy (non-hydrogen) atoms. The third kappa shape index (κ3) is 5.26. The van der Waals surface area contributed by atoms with E-state index in [0.717, 1.165) is 0 Å². The van der Waals surface area contributed by atoms with E-state index in [0.29, 0.717) is 10.8 Å². The normalized spacial score (nSPS) is 22.6. The first kappa shape index (κ1) is 13.4. The average Bonchev–Trinajstić information content (AvgIpc) is 2.19. The average molecular weight is 229 g/mol. The van der Waals surface area contributed by atoms with E-state index in [2.05, 4.69) is 6.92 Å². The molecular formula is C13H27NS. The highest BCUT2D eigenvalue weighted by atomic mass is 32.1. The maximum atomic E-state index is 6.02. The topological polar surface area (TPSA) is 26.0 Å². The molecule has 1 nitrogen and oxygen atoms in total. The van der Waals surface area contributed by atoms with Crippen LogP contribution in [0.25, 0.3) is 0 Å². The molecule has 0 saturated heterocycles. The minimum atomic E-state index is 0.351. The Morgan fingerprint density at radius 2 is 1.87 bits per heavy atom. The molecule has 1 aliphatic carbocycles. The quantitative estimate of drug-likeness (QED) is 0.663. The molecule has 0 aromatic carbocycles. The fraction of sp³-hybridized carbons (Fsp3) is 1.00. The van der Waals surface area contributed by atoms with Gasteiger partial charge in [-0.25, -0.2) is 0 Å². The minimum absolute atomic E-state index is 0.351. The molecule has 1 aliphatic rings. The van der Waals surface area contributed by atoms with Crippen LogP contribution in [-0.4, -0.2) is 10.8 Å². The van der Waals surface area contributed by atoms with Crippen molar-refractivity contribution in [3.05, 3.63) is 0 Å². The molecule has 0 aromatic rings. The van der Waals surface area contributed by atoms with Crippen LogP contribution in [0.15, 0.2) is 0 Å². The van der Waals surface area contributed by atoms with Crippen LogP contribution in [0.5, 0.6) is 0 Å². The van der Waals surface area contributed by atoms with E-state index in [1.165, 1.54) is 64.2 Å². The van der Waals surface area contributed by atoms with Gasteiger partial charge in [-0.1, -0.05) is 39.0 Å². The summed E-state index contributed by atoms with van der Waals surface area (Å²) in [5, 5.41) is 0. The minimum Gasteiger partial charge on any atom is -0.328 e. The van der Waals surface area contributed by atoms with E-state index < -0.39 is 0 Å². The van der Waals surface area contributed by atoms with Gasteiger partial charge in [0.2, 0.25) is 0 Å². The largest absolute Gasteiger partial charge is 0.328 e. The van der Waals surface area contributed by atoms with E-state index in [9.17, 15) is 0 Å². The molecule has 0 radical (unpaired) electrons. The molecule has 90 valence electrons. The van der Waals surface area contributed by atoms with Crippen LogP contribution in [0, 0.1) is 0 Å². The summed E-state index contributed by atoms with van der Waals surface area (Å²) >= 11 is 4.86. The van der Waals surface area contributed by atoms with Gasteiger partial charge in [-0.2, -0.15) is 12.6 Å². The van der Waals surface area contributed by atoms with Crippen molar-refractivity contribution < 1.29 is 0 Å². The van der Waals surface area contributed by atoms with E-state index in [4.69, 9.17) is 18.4 Å². The monoisotopic (exact) mass is 229 g/mol. The smallest absolute Gasteiger partial charge is 0.0130 e. The zero-order chi connectivity index (χ0) is 11.1. The lowest BCUT2D eigenvalue weighted by Crippen LogP contribution is -2.26. The number of rotatable bonds is 6. The Morgan fingerprint density at radius 3 is 2.47 bits per heavy atom. The first-order valence-corrected chi connectivity index (χ1v) is 7.09. The standard InChI is InChI=1S/C13H27NS/c1-2-7-12(14)8-6-11-13(15)9-4-3-5-10-13/h12,15H,2-11,14H2,1H3. The third-order valence-corrected chi connectivity index (χ3v) is 4.33. The third-order valence-electron chi connectivity index (χ3n) is 3.66. The van der Waals surface area contributed by atoms with Gasteiger partial charge in [0, 0.05) is 10.8 Å². The fourth-order valence-corrected chi connectivity index (χ4v) is 3.14. The molecule has 0 spiro atoms. The summed E-state index contributed by atoms with van der Waals surface area (Å²) in [6, 6.07) is 0.426. The maximum Gasteiger partial charge on any atom is 0.0130 e. The fourth-order valence-electron chi connectivity index (χ4n) is 2.67. The molecule has 2 heteroatoms. The molecule has 1 fully saturated rings. The summed E-state index contributed by atoms with van der Waals surface area (Å²) in [6.45, 7) is 2.21. The van der Waals surface area contributed by atoms with E-state index in [-0.39, 0.29) is 0 Å². The second-order valence-electron chi connectivity index (χ2n) is 5.23. The van der Waals surface area contributed by atoms with Gasteiger partial charge >= 0.3 is 0 Å². The predicted molar refractivity (Wildman–Crippen MR) is 71.5 cm³/mol. The Balaban J connectivity index is 2.12. The second kappa shape index (κ2) is 6.80. The van der Waals surface area contributed by atoms with Gasteiger partial charge < -0.3 is 5.73 Å². The van der Waals surface area contributed by atoms with Crippen LogP contribution in [-0.2, 0) is 0 Å². The van der Waals surface area contributed by atoms with Gasteiger partial charge in [-0.3, -0.25) is 0 Å². The van der Waals surface area contributed by atoms with Crippen LogP contribution < -0.4 is 5.73 Å². The SMILES string of the molecule is CCCC(N)CCCC1(S)CCCCC1. The summed E-state index contributed by atoms with van der Waals surface area (Å²) in [5.74, 6) is 0. The van der Waals surface area contributed by atoms with Crippen molar-refractivity contribution in [2.24, 2.45) is 5.73 Å². The molecule has 0 aromatic heterocycles. The highest BCUT2D eigenvalue weighted by Gasteiger charge is 2.27. The lowest BCUT2D eigenvalue weighted by molar-refractivity contribution is 0.363. The van der Waals surface area contributed by atoms with Crippen molar-refractivity contribution in [2.75, 3.05) is 0 Å². The molecular weight excluding hydrogens is 202 g/mol. The Hall–Kier alpha value is 0.310. The van der Waals surface area contributed by atoms with E-state index in [1.54, 1.807) is 0 Å². The highest BCUT2D eigenvalue weighted by Crippen LogP contribution is 2.37. The highest BCUT2D eigenvalue weighted by molar-refractivity contribution is 7.81. The van der Waals surface area contributed by atoms with Crippen LogP contribution in [0.3, 0.4) is 0 Å². The van der Waals surface area contributed by atoms with Crippen molar-refractivity contribution in [3.63, 3.8) is 0 Å². The van der Waals surface area contributed by atoms with Crippen molar-refractivity contribution in [1.29, 1.82) is 0 Å². The zero-order valence-corrected chi connectivity index (χ0v) is 11.1. The van der Waals surface area contributed by atoms with Crippen LogP contribution in [0.1, 0.15) is 71.1 Å². The lowest BCUT2D eigenvalue weighted by atomic mass is 9.84. The summed E-state index contributed by atoms with van der Waals surface area (Å²) in [7, 11) is 0. The van der Waals surface area contributed by atoms with E-state index in [1.807, 2.05) is 0 Å². The first-order chi connectivity index (χ1) is 7.16. The predicted octanol–water partition coefficient (Wildman–Crippen LogP) is 3.92. The van der Waals surface area contributed by atoms with Crippen LogP contribution >= 0.6 is 12.6 Å². The summed E-state index contributed by atoms with van der Waals surface area (Å²) in [6.07, 6.45) is 12.9. The number of hydrogen-bond donors (Lipinski definition) is 2. The molecule has 1 unspecified atom stereocenters. The molecule has 1 rings (SSSR count). The van der Waals surface area contributed by atoms with Crippen molar-refractivity contribution in [2.45, 2.75) is 81.9 Å². The molecule has 1 atom stereocenters. The van der Waals surface area contributed by atoms with Gasteiger partial charge in [-0.15, -0.1) is 0 Å². The molecule has 1 saturated carbocycles. The van der Waals surface area contributed by atoms with Gasteiger partial charge in [0.15, 0.2) is 0 Å². The van der Waals surface area contributed by atoms with Gasteiger partial charge in [0.1, 0.15) is 0 Å².